The molecule has 0 radical (unpaired) electrons. The predicted octanol–water partition coefficient (Wildman–Crippen LogP) is 3.81. The highest BCUT2D eigenvalue weighted by atomic mass is 15.3. The van der Waals surface area contributed by atoms with Gasteiger partial charge in [0.1, 0.15) is 0 Å². The highest BCUT2D eigenvalue weighted by molar-refractivity contribution is 4.99. The number of rotatable bonds is 6. The van der Waals surface area contributed by atoms with Crippen LogP contribution >= 0.6 is 0 Å². The molecule has 1 atom stereocenters. The Balaban J connectivity index is 2.05. The first-order valence-corrected chi connectivity index (χ1v) is 8.61. The molecule has 2 rings (SSSR count). The van der Waals surface area contributed by atoms with E-state index in [-0.39, 0.29) is 0 Å². The zero-order valence-corrected chi connectivity index (χ0v) is 13.6. The van der Waals surface area contributed by atoms with Crippen LogP contribution in [0.4, 0.5) is 0 Å². The summed E-state index contributed by atoms with van der Waals surface area (Å²) in [5.41, 5.74) is 1.04. The van der Waals surface area contributed by atoms with Gasteiger partial charge < -0.3 is 5.32 Å². The molecule has 2 nitrogen and oxygen atoms in total. The molecular formula is C17H34N2. The summed E-state index contributed by atoms with van der Waals surface area (Å²) >= 11 is 0. The van der Waals surface area contributed by atoms with Crippen molar-refractivity contribution in [3.8, 4) is 0 Å². The van der Waals surface area contributed by atoms with Gasteiger partial charge in [-0.3, -0.25) is 4.90 Å². The van der Waals surface area contributed by atoms with Crippen LogP contribution in [0.2, 0.25) is 0 Å². The summed E-state index contributed by atoms with van der Waals surface area (Å²) in [6, 6.07) is 0.759. The van der Waals surface area contributed by atoms with Crippen molar-refractivity contribution in [1.29, 1.82) is 0 Å². The van der Waals surface area contributed by atoms with Gasteiger partial charge in [-0.25, -0.2) is 0 Å². The molecule has 2 heteroatoms. The van der Waals surface area contributed by atoms with Gasteiger partial charge in [0.25, 0.3) is 0 Å². The molecule has 19 heavy (non-hydrogen) atoms. The van der Waals surface area contributed by atoms with Crippen LogP contribution in [0, 0.1) is 5.41 Å². The fraction of sp³-hybridized carbons (Fsp3) is 1.00. The molecule has 1 N–H and O–H groups in total. The molecule has 2 aliphatic rings. The number of nitrogens with zero attached hydrogens (tertiary/aromatic N) is 1. The topological polar surface area (TPSA) is 15.3 Å². The molecule has 0 aromatic carbocycles. The largest absolute Gasteiger partial charge is 0.308 e. The van der Waals surface area contributed by atoms with Crippen molar-refractivity contribution in [3.63, 3.8) is 0 Å². The molecule has 0 aromatic heterocycles. The van der Waals surface area contributed by atoms with E-state index in [0.29, 0.717) is 11.0 Å². The Bertz CT molecular complexity index is 271. The lowest BCUT2D eigenvalue weighted by Gasteiger charge is -2.52. The lowest BCUT2D eigenvalue weighted by molar-refractivity contribution is -0.00221. The van der Waals surface area contributed by atoms with Gasteiger partial charge in [0.15, 0.2) is 0 Å². The van der Waals surface area contributed by atoms with Crippen LogP contribution < -0.4 is 5.32 Å². The first-order chi connectivity index (χ1) is 9.12. The molecule has 0 aromatic rings. The van der Waals surface area contributed by atoms with Crippen molar-refractivity contribution in [2.75, 3.05) is 19.6 Å². The molecule has 0 spiro atoms. The van der Waals surface area contributed by atoms with Crippen LogP contribution in [-0.2, 0) is 0 Å². The van der Waals surface area contributed by atoms with E-state index in [2.05, 4.69) is 37.9 Å². The van der Waals surface area contributed by atoms with E-state index in [1.807, 2.05) is 0 Å². The molecule has 0 bridgehead atoms. The average molecular weight is 266 g/mol. The second-order valence-electron chi connectivity index (χ2n) is 7.04. The average Bonchev–Trinajstić information content (AvgIpc) is 2.42. The minimum absolute atomic E-state index is 0.379. The van der Waals surface area contributed by atoms with E-state index in [0.717, 1.165) is 6.04 Å². The Kier molecular flexibility index (Phi) is 4.94. The molecule has 1 aliphatic heterocycles. The summed E-state index contributed by atoms with van der Waals surface area (Å²) in [7, 11) is 0. The molecule has 1 heterocycles. The molecule has 1 aliphatic carbocycles. The van der Waals surface area contributed by atoms with Gasteiger partial charge >= 0.3 is 0 Å². The zero-order valence-electron chi connectivity index (χ0n) is 13.6. The highest BCUT2D eigenvalue weighted by Gasteiger charge is 2.42. The van der Waals surface area contributed by atoms with Crippen LogP contribution in [0.15, 0.2) is 0 Å². The van der Waals surface area contributed by atoms with Crippen molar-refractivity contribution in [1.82, 2.24) is 10.2 Å². The molecule has 1 saturated heterocycles. The summed E-state index contributed by atoms with van der Waals surface area (Å²) < 4.78 is 0. The van der Waals surface area contributed by atoms with E-state index in [4.69, 9.17) is 0 Å². The number of hydrogen-bond acceptors (Lipinski definition) is 2. The third kappa shape index (κ3) is 3.00. The van der Waals surface area contributed by atoms with Crippen molar-refractivity contribution in [3.05, 3.63) is 0 Å². The Hall–Kier alpha value is -0.0800. The molecule has 1 unspecified atom stereocenters. The summed E-state index contributed by atoms with van der Waals surface area (Å²) in [4.78, 5) is 2.84. The minimum atomic E-state index is 0.379. The zero-order chi connectivity index (χ0) is 13.9. The molecule has 112 valence electrons. The van der Waals surface area contributed by atoms with Gasteiger partial charge in [0.05, 0.1) is 0 Å². The number of piperazine rings is 1. The summed E-state index contributed by atoms with van der Waals surface area (Å²) in [5.74, 6) is 0. The quantitative estimate of drug-likeness (QED) is 0.786. The smallest absolute Gasteiger partial charge is 0.0304 e. The normalized spacial score (nSPS) is 30.0. The third-order valence-electron chi connectivity index (χ3n) is 6.26. The second-order valence-corrected chi connectivity index (χ2v) is 7.04. The Morgan fingerprint density at radius 3 is 2.16 bits per heavy atom. The van der Waals surface area contributed by atoms with Crippen molar-refractivity contribution in [2.24, 2.45) is 5.41 Å². The second kappa shape index (κ2) is 6.13. The Morgan fingerprint density at radius 1 is 1.05 bits per heavy atom. The van der Waals surface area contributed by atoms with Crippen molar-refractivity contribution < 1.29 is 0 Å². The van der Waals surface area contributed by atoms with Gasteiger partial charge in [-0.05, 0) is 43.9 Å². The van der Waals surface area contributed by atoms with Gasteiger partial charge in [-0.15, -0.1) is 0 Å². The lowest BCUT2D eigenvalue weighted by Crippen LogP contribution is -2.65. The molecule has 2 fully saturated rings. The molecule has 1 saturated carbocycles. The molecule has 0 amide bonds. The third-order valence-corrected chi connectivity index (χ3v) is 6.26. The van der Waals surface area contributed by atoms with Crippen LogP contribution in [0.3, 0.4) is 0 Å². The monoisotopic (exact) mass is 266 g/mol. The lowest BCUT2D eigenvalue weighted by atomic mass is 9.66. The van der Waals surface area contributed by atoms with E-state index >= 15 is 0 Å². The van der Waals surface area contributed by atoms with Crippen LogP contribution in [0.1, 0.15) is 72.6 Å². The highest BCUT2D eigenvalue weighted by Crippen LogP contribution is 2.45. The number of hydrogen-bond donors (Lipinski definition) is 1. The minimum Gasteiger partial charge on any atom is -0.308 e. The predicted molar refractivity (Wildman–Crippen MR) is 83.5 cm³/mol. The fourth-order valence-corrected chi connectivity index (χ4v) is 4.08. The van der Waals surface area contributed by atoms with E-state index in [1.165, 1.54) is 64.6 Å². The van der Waals surface area contributed by atoms with Gasteiger partial charge in [-0.1, -0.05) is 34.1 Å². The van der Waals surface area contributed by atoms with E-state index < -0.39 is 0 Å². The van der Waals surface area contributed by atoms with Crippen LogP contribution in [-0.4, -0.2) is 36.1 Å². The van der Waals surface area contributed by atoms with Gasteiger partial charge in [0, 0.05) is 31.2 Å². The van der Waals surface area contributed by atoms with Crippen molar-refractivity contribution in [2.45, 2.75) is 84.2 Å². The van der Waals surface area contributed by atoms with Gasteiger partial charge in [-0.2, -0.15) is 0 Å². The first-order valence-electron chi connectivity index (χ1n) is 8.61. The maximum atomic E-state index is 3.86. The maximum absolute atomic E-state index is 3.86. The first kappa shape index (κ1) is 15.3. The van der Waals surface area contributed by atoms with Gasteiger partial charge in [0.2, 0.25) is 0 Å². The Morgan fingerprint density at radius 2 is 1.74 bits per heavy atom. The SMILES string of the molecule is CCC1CNC(CC)(CC)CN1CC1(CC)CCC1. The number of nitrogens with one attached hydrogen (secondary N) is 1. The summed E-state index contributed by atoms with van der Waals surface area (Å²) in [5, 5.41) is 3.86. The van der Waals surface area contributed by atoms with E-state index in [1.54, 1.807) is 0 Å². The molecular weight excluding hydrogens is 232 g/mol. The summed E-state index contributed by atoms with van der Waals surface area (Å²) in [6.45, 7) is 13.3. The van der Waals surface area contributed by atoms with Crippen molar-refractivity contribution >= 4 is 0 Å². The van der Waals surface area contributed by atoms with Crippen LogP contribution in [0.5, 0.6) is 0 Å². The standard InChI is InChI=1S/C17H34N2/c1-5-15-12-18-17(7-3,8-4)14-19(15)13-16(6-2)10-9-11-16/h15,18H,5-14H2,1-4H3. The maximum Gasteiger partial charge on any atom is 0.0304 e. The Labute approximate surface area is 120 Å². The fourth-order valence-electron chi connectivity index (χ4n) is 4.08. The summed E-state index contributed by atoms with van der Waals surface area (Å²) in [6.07, 6.45) is 9.58. The van der Waals surface area contributed by atoms with Crippen LogP contribution in [0.25, 0.3) is 0 Å². The van der Waals surface area contributed by atoms with E-state index in [9.17, 15) is 0 Å².